The largest absolute Gasteiger partial charge is 0.290 e. The molecule has 0 bridgehead atoms. The van der Waals surface area contributed by atoms with Crippen molar-refractivity contribution in [3.63, 3.8) is 0 Å². The first-order chi connectivity index (χ1) is 11.3. The number of amides is 1. The van der Waals surface area contributed by atoms with Gasteiger partial charge in [-0.25, -0.2) is 9.66 Å². The molecule has 1 amide bonds. The van der Waals surface area contributed by atoms with Crippen molar-refractivity contribution in [2.75, 3.05) is 5.43 Å². The van der Waals surface area contributed by atoms with Gasteiger partial charge in [0.05, 0.1) is 16.6 Å². The van der Waals surface area contributed by atoms with E-state index in [0.717, 1.165) is 15.1 Å². The topological polar surface area (TPSA) is 81.8 Å². The number of nitrogens with one attached hydrogen (secondary N) is 1. The van der Waals surface area contributed by atoms with Crippen LogP contribution in [0, 0.1) is 20.8 Å². The summed E-state index contributed by atoms with van der Waals surface area (Å²) in [6.45, 7) is 7.83. The van der Waals surface area contributed by atoms with Crippen molar-refractivity contribution in [3.8, 4) is 0 Å². The third-order valence-corrected chi connectivity index (χ3v) is 5.27. The third kappa shape index (κ3) is 2.51. The molecule has 126 valence electrons. The number of aromatic nitrogens is 4. The van der Waals surface area contributed by atoms with Crippen LogP contribution in [0.4, 0.5) is 0 Å². The van der Waals surface area contributed by atoms with E-state index in [9.17, 15) is 9.59 Å². The van der Waals surface area contributed by atoms with Crippen molar-refractivity contribution < 1.29 is 4.79 Å². The molecule has 24 heavy (non-hydrogen) atoms. The van der Waals surface area contributed by atoms with Gasteiger partial charge in [0, 0.05) is 11.4 Å². The molecule has 0 fully saturated rings. The van der Waals surface area contributed by atoms with Gasteiger partial charge in [-0.05, 0) is 33.3 Å². The van der Waals surface area contributed by atoms with Gasteiger partial charge in [0.1, 0.15) is 16.3 Å². The molecule has 3 aromatic rings. The molecule has 3 heterocycles. The maximum Gasteiger partial charge on any atom is 0.290 e. The lowest BCUT2D eigenvalue weighted by atomic mass is 10.2. The molecule has 9 heteroatoms. The van der Waals surface area contributed by atoms with Crippen LogP contribution in [0.25, 0.3) is 10.2 Å². The zero-order valence-electron chi connectivity index (χ0n) is 13.7. The lowest BCUT2D eigenvalue weighted by Crippen LogP contribution is -2.36. The van der Waals surface area contributed by atoms with Gasteiger partial charge in [-0.15, -0.1) is 11.3 Å². The number of carbonyl (C=O) groups excluding carboxylic acids is 1. The normalized spacial score (nSPS) is 11.2. The molecule has 0 aromatic carbocycles. The van der Waals surface area contributed by atoms with E-state index in [0.29, 0.717) is 22.6 Å². The molecule has 0 aliphatic carbocycles. The van der Waals surface area contributed by atoms with Gasteiger partial charge in [0.25, 0.3) is 11.5 Å². The highest BCUT2D eigenvalue weighted by molar-refractivity contribution is 7.18. The molecule has 3 aromatic heterocycles. The number of aryl methyl sites for hydroxylation is 4. The number of hydrogen-bond acceptors (Lipinski definition) is 5. The van der Waals surface area contributed by atoms with E-state index in [1.807, 2.05) is 20.8 Å². The van der Waals surface area contributed by atoms with Gasteiger partial charge >= 0.3 is 0 Å². The minimum absolute atomic E-state index is 0.212. The van der Waals surface area contributed by atoms with Gasteiger partial charge in [0.15, 0.2) is 0 Å². The second-order valence-corrected chi connectivity index (χ2v) is 6.97. The highest BCUT2D eigenvalue weighted by atomic mass is 35.5. The molecule has 0 aliphatic rings. The van der Waals surface area contributed by atoms with E-state index < -0.39 is 5.91 Å². The van der Waals surface area contributed by atoms with Crippen molar-refractivity contribution in [2.45, 2.75) is 34.2 Å². The molecule has 0 aliphatic heterocycles. The predicted octanol–water partition coefficient (Wildman–Crippen LogP) is 2.64. The maximum atomic E-state index is 12.8. The van der Waals surface area contributed by atoms with Crippen LogP contribution < -0.4 is 11.0 Å². The fourth-order valence-corrected chi connectivity index (χ4v) is 3.80. The number of thiophene rings is 1. The summed E-state index contributed by atoms with van der Waals surface area (Å²) >= 11 is 7.51. The van der Waals surface area contributed by atoms with Gasteiger partial charge in [-0.3, -0.25) is 19.7 Å². The van der Waals surface area contributed by atoms with Crippen LogP contribution in [-0.2, 0) is 6.54 Å². The second-order valence-electron chi connectivity index (χ2n) is 5.36. The van der Waals surface area contributed by atoms with E-state index in [1.165, 1.54) is 22.2 Å². The number of nitrogens with zero attached hydrogens (tertiary/aromatic N) is 4. The van der Waals surface area contributed by atoms with Crippen LogP contribution >= 0.6 is 22.9 Å². The molecule has 1 N–H and O–H groups in total. The molecule has 3 rings (SSSR count). The van der Waals surface area contributed by atoms with E-state index >= 15 is 0 Å². The van der Waals surface area contributed by atoms with Gasteiger partial charge in [-0.1, -0.05) is 11.6 Å². The van der Waals surface area contributed by atoms with E-state index in [2.05, 4.69) is 15.5 Å². The van der Waals surface area contributed by atoms with E-state index in [4.69, 9.17) is 11.6 Å². The first kappa shape index (κ1) is 16.7. The first-order valence-electron chi connectivity index (χ1n) is 7.37. The van der Waals surface area contributed by atoms with Crippen molar-refractivity contribution in [1.29, 1.82) is 0 Å². The number of hydrogen-bond donors (Lipinski definition) is 1. The molecule has 0 atom stereocenters. The van der Waals surface area contributed by atoms with Crippen LogP contribution in [0.2, 0.25) is 5.02 Å². The Morgan fingerprint density at radius 1 is 1.38 bits per heavy atom. The fourth-order valence-electron chi connectivity index (χ4n) is 2.51. The van der Waals surface area contributed by atoms with Crippen LogP contribution in [0.3, 0.4) is 0 Å². The summed E-state index contributed by atoms with van der Waals surface area (Å²) in [4.78, 5) is 31.5. The Morgan fingerprint density at radius 3 is 2.75 bits per heavy atom. The first-order valence-corrected chi connectivity index (χ1v) is 8.56. The second kappa shape index (κ2) is 6.03. The molecular weight excluding hydrogens is 350 g/mol. The molecular formula is C15H16ClN5O2S. The van der Waals surface area contributed by atoms with Gasteiger partial charge < -0.3 is 0 Å². The Bertz CT molecular complexity index is 1020. The lowest BCUT2D eigenvalue weighted by Gasteiger charge is -2.12. The quantitative estimate of drug-likeness (QED) is 0.773. The third-order valence-electron chi connectivity index (χ3n) is 3.89. The number of rotatable bonds is 3. The predicted molar refractivity (Wildman–Crippen MR) is 94.7 cm³/mol. The summed E-state index contributed by atoms with van der Waals surface area (Å²) in [5.74, 6) is -0.101. The van der Waals surface area contributed by atoms with Crippen LogP contribution in [0.5, 0.6) is 0 Å². The Hall–Kier alpha value is -2.19. The molecule has 0 saturated heterocycles. The van der Waals surface area contributed by atoms with Crippen LogP contribution in [0.1, 0.15) is 33.7 Å². The summed E-state index contributed by atoms with van der Waals surface area (Å²) in [6.07, 6.45) is 1.41. The fraction of sp³-hybridized carbons (Fsp3) is 0.333. The Balaban J connectivity index is 2.10. The number of halogens is 1. The summed E-state index contributed by atoms with van der Waals surface area (Å²) in [5, 5.41) is 4.79. The lowest BCUT2D eigenvalue weighted by molar-refractivity contribution is 0.0996. The Morgan fingerprint density at radius 2 is 2.08 bits per heavy atom. The average molecular weight is 366 g/mol. The summed E-state index contributed by atoms with van der Waals surface area (Å²) in [6, 6.07) is 0. The smallest absolute Gasteiger partial charge is 0.267 e. The Labute approximate surface area is 146 Å². The minimum atomic E-state index is -0.504. The van der Waals surface area contributed by atoms with Crippen molar-refractivity contribution in [3.05, 3.63) is 43.5 Å². The molecule has 0 spiro atoms. The molecule has 0 saturated carbocycles. The van der Waals surface area contributed by atoms with Crippen molar-refractivity contribution in [2.24, 2.45) is 0 Å². The summed E-state index contributed by atoms with van der Waals surface area (Å²) < 4.78 is 2.64. The highest BCUT2D eigenvalue weighted by Gasteiger charge is 2.20. The van der Waals surface area contributed by atoms with E-state index in [-0.39, 0.29) is 16.3 Å². The van der Waals surface area contributed by atoms with Crippen molar-refractivity contribution >= 4 is 39.1 Å². The van der Waals surface area contributed by atoms with Crippen LogP contribution in [0.15, 0.2) is 11.0 Å². The Kier molecular flexibility index (Phi) is 4.18. The average Bonchev–Trinajstić information content (AvgIpc) is 3.03. The van der Waals surface area contributed by atoms with Crippen molar-refractivity contribution in [1.82, 2.24) is 19.4 Å². The highest BCUT2D eigenvalue weighted by Crippen LogP contribution is 2.26. The monoisotopic (exact) mass is 365 g/mol. The zero-order chi connectivity index (χ0) is 17.6. The SMILES string of the molecule is CCn1ncc(Cl)c1C(=O)Nn1c(C)nc2sc(C)c(C)c2c1=O. The molecule has 7 nitrogen and oxygen atoms in total. The standard InChI is InChI=1S/C15H16ClN5O2S/c1-5-20-12(10(16)6-17-20)13(22)19-21-9(4)18-14-11(15(21)23)7(2)8(3)24-14/h6H,5H2,1-4H3,(H,19,22). The number of carbonyl (C=O) groups is 1. The van der Waals surface area contributed by atoms with E-state index in [1.54, 1.807) is 6.92 Å². The number of fused-ring (bicyclic) bond motifs is 1. The summed E-state index contributed by atoms with van der Waals surface area (Å²) in [5.41, 5.74) is 3.38. The van der Waals surface area contributed by atoms with Gasteiger partial charge in [0.2, 0.25) is 0 Å². The minimum Gasteiger partial charge on any atom is -0.267 e. The van der Waals surface area contributed by atoms with Crippen LogP contribution in [-0.4, -0.2) is 25.3 Å². The van der Waals surface area contributed by atoms with Gasteiger partial charge in [-0.2, -0.15) is 5.10 Å². The summed E-state index contributed by atoms with van der Waals surface area (Å²) in [7, 11) is 0. The zero-order valence-corrected chi connectivity index (χ0v) is 15.2. The molecule has 0 unspecified atom stereocenters. The molecule has 0 radical (unpaired) electrons. The maximum absolute atomic E-state index is 12.8.